The van der Waals surface area contributed by atoms with Crippen LogP contribution in [-0.2, 0) is 4.79 Å². The summed E-state index contributed by atoms with van der Waals surface area (Å²) in [5.74, 6) is 0.786. The van der Waals surface area contributed by atoms with E-state index in [0.29, 0.717) is 11.6 Å². The van der Waals surface area contributed by atoms with Gasteiger partial charge in [0.25, 0.3) is 0 Å². The van der Waals surface area contributed by atoms with Crippen LogP contribution in [0.1, 0.15) is 19.4 Å². The third-order valence-electron chi connectivity index (χ3n) is 3.04. The lowest BCUT2D eigenvalue weighted by atomic mass is 9.93. The molecule has 1 amide bonds. The summed E-state index contributed by atoms with van der Waals surface area (Å²) < 4.78 is 5.77. The van der Waals surface area contributed by atoms with Crippen molar-refractivity contribution in [3.8, 4) is 5.75 Å². The lowest BCUT2D eigenvalue weighted by Crippen LogP contribution is -2.39. The average molecular weight is 254 g/mol. The molecule has 0 saturated heterocycles. The Morgan fingerprint density at radius 3 is 2.71 bits per heavy atom. The maximum Gasteiger partial charge on any atom is 0.235 e. The van der Waals surface area contributed by atoms with Crippen molar-refractivity contribution in [2.75, 3.05) is 18.6 Å². The predicted molar refractivity (Wildman–Crippen MR) is 68.9 cm³/mol. The van der Waals surface area contributed by atoms with E-state index >= 15 is 0 Å². The second-order valence-corrected chi connectivity index (χ2v) is 5.54. The zero-order chi connectivity index (χ0) is 12.8. The smallest absolute Gasteiger partial charge is 0.235 e. The first kappa shape index (κ1) is 12.2. The minimum absolute atomic E-state index is 0.0397. The van der Waals surface area contributed by atoms with Gasteiger partial charge in [0.2, 0.25) is 5.91 Å². The molecule has 17 heavy (non-hydrogen) atoms. The van der Waals surface area contributed by atoms with E-state index in [0.717, 1.165) is 17.0 Å². The van der Waals surface area contributed by atoms with Crippen LogP contribution in [0.2, 0.25) is 5.02 Å². The standard InChI is InChI=1S/C13H16ClNO2/c1-8-5-9(14)6-10-11(8)17-7-13(2,3)12(16)15(10)4/h5-6H,7H2,1-4H3. The van der Waals surface area contributed by atoms with E-state index in [9.17, 15) is 4.79 Å². The molecule has 0 N–H and O–H groups in total. The van der Waals surface area contributed by atoms with Gasteiger partial charge in [0, 0.05) is 12.1 Å². The number of nitrogens with zero attached hydrogens (tertiary/aromatic N) is 1. The fraction of sp³-hybridized carbons (Fsp3) is 0.462. The number of hydrogen-bond acceptors (Lipinski definition) is 2. The lowest BCUT2D eigenvalue weighted by molar-refractivity contribution is -0.127. The summed E-state index contributed by atoms with van der Waals surface area (Å²) in [6.07, 6.45) is 0. The van der Waals surface area contributed by atoms with Crippen LogP contribution in [0.4, 0.5) is 5.69 Å². The highest BCUT2D eigenvalue weighted by atomic mass is 35.5. The first-order valence-electron chi connectivity index (χ1n) is 5.54. The number of benzene rings is 1. The van der Waals surface area contributed by atoms with Gasteiger partial charge >= 0.3 is 0 Å². The Balaban J connectivity index is 2.59. The summed E-state index contributed by atoms with van der Waals surface area (Å²) in [6, 6.07) is 3.61. The molecular weight excluding hydrogens is 238 g/mol. The van der Waals surface area contributed by atoms with Gasteiger partial charge in [-0.05, 0) is 38.5 Å². The van der Waals surface area contributed by atoms with E-state index < -0.39 is 5.41 Å². The number of carbonyl (C=O) groups excluding carboxylic acids is 1. The van der Waals surface area contributed by atoms with Crippen LogP contribution < -0.4 is 9.64 Å². The minimum Gasteiger partial charge on any atom is -0.490 e. The molecule has 0 bridgehead atoms. The van der Waals surface area contributed by atoms with Crippen LogP contribution in [0.15, 0.2) is 12.1 Å². The number of ether oxygens (including phenoxy) is 1. The molecule has 2 rings (SSSR count). The van der Waals surface area contributed by atoms with Crippen LogP contribution in [0, 0.1) is 12.3 Å². The molecule has 0 radical (unpaired) electrons. The average Bonchev–Trinajstić information content (AvgIpc) is 2.31. The number of carbonyl (C=O) groups is 1. The van der Waals surface area contributed by atoms with Gasteiger partial charge in [-0.15, -0.1) is 0 Å². The van der Waals surface area contributed by atoms with E-state index in [4.69, 9.17) is 16.3 Å². The summed E-state index contributed by atoms with van der Waals surface area (Å²) in [5, 5.41) is 0.615. The quantitative estimate of drug-likeness (QED) is 0.711. The van der Waals surface area contributed by atoms with Crippen molar-refractivity contribution in [3.05, 3.63) is 22.7 Å². The lowest BCUT2D eigenvalue weighted by Gasteiger charge is -2.24. The van der Waals surface area contributed by atoms with E-state index in [1.165, 1.54) is 0 Å². The topological polar surface area (TPSA) is 29.5 Å². The molecule has 0 aromatic heterocycles. The molecule has 1 heterocycles. The van der Waals surface area contributed by atoms with Crippen molar-refractivity contribution in [2.45, 2.75) is 20.8 Å². The van der Waals surface area contributed by atoms with Crippen LogP contribution in [-0.4, -0.2) is 19.6 Å². The number of aryl methyl sites for hydroxylation is 1. The second-order valence-electron chi connectivity index (χ2n) is 5.11. The first-order chi connectivity index (χ1) is 7.83. The zero-order valence-electron chi connectivity index (χ0n) is 10.5. The van der Waals surface area contributed by atoms with E-state index in [1.807, 2.05) is 26.8 Å². The number of amides is 1. The molecule has 1 aromatic carbocycles. The molecule has 92 valence electrons. The monoisotopic (exact) mass is 253 g/mol. The zero-order valence-corrected chi connectivity index (χ0v) is 11.3. The molecule has 4 heteroatoms. The van der Waals surface area contributed by atoms with Gasteiger partial charge in [0.05, 0.1) is 11.1 Å². The van der Waals surface area contributed by atoms with Gasteiger partial charge in [-0.25, -0.2) is 0 Å². The SMILES string of the molecule is Cc1cc(Cl)cc2c1OCC(C)(C)C(=O)N2C. The third kappa shape index (κ3) is 2.00. The van der Waals surface area contributed by atoms with Gasteiger partial charge in [-0.2, -0.15) is 0 Å². The summed E-state index contributed by atoms with van der Waals surface area (Å²) in [7, 11) is 1.76. The Hall–Kier alpha value is -1.22. The van der Waals surface area contributed by atoms with Crippen molar-refractivity contribution < 1.29 is 9.53 Å². The fourth-order valence-corrected chi connectivity index (χ4v) is 2.29. The number of hydrogen-bond donors (Lipinski definition) is 0. The summed E-state index contributed by atoms with van der Waals surface area (Å²) in [5.41, 5.74) is 1.17. The highest BCUT2D eigenvalue weighted by molar-refractivity contribution is 6.31. The number of halogens is 1. The Morgan fingerprint density at radius 1 is 1.41 bits per heavy atom. The number of rotatable bonds is 0. The van der Waals surface area contributed by atoms with E-state index in [2.05, 4.69) is 0 Å². The van der Waals surface area contributed by atoms with Crippen molar-refractivity contribution >= 4 is 23.2 Å². The second kappa shape index (κ2) is 3.91. The fourth-order valence-electron chi connectivity index (χ4n) is 2.03. The summed E-state index contributed by atoms with van der Waals surface area (Å²) >= 11 is 6.03. The summed E-state index contributed by atoms with van der Waals surface area (Å²) in [6.45, 7) is 6.08. The van der Waals surface area contributed by atoms with Crippen molar-refractivity contribution in [3.63, 3.8) is 0 Å². The van der Waals surface area contributed by atoms with Gasteiger partial charge in [-0.1, -0.05) is 11.6 Å². The predicted octanol–water partition coefficient (Wildman–Crippen LogP) is 3.03. The molecule has 1 aliphatic heterocycles. The van der Waals surface area contributed by atoms with Crippen molar-refractivity contribution in [2.24, 2.45) is 5.41 Å². The van der Waals surface area contributed by atoms with E-state index in [-0.39, 0.29) is 5.91 Å². The normalized spacial score (nSPS) is 18.4. The van der Waals surface area contributed by atoms with Crippen LogP contribution in [0.3, 0.4) is 0 Å². The third-order valence-corrected chi connectivity index (χ3v) is 3.26. The molecule has 0 aliphatic carbocycles. The molecule has 0 saturated carbocycles. The Kier molecular flexibility index (Phi) is 2.82. The van der Waals surface area contributed by atoms with E-state index in [1.54, 1.807) is 18.0 Å². The molecule has 0 fully saturated rings. The molecule has 0 unspecified atom stereocenters. The molecule has 3 nitrogen and oxygen atoms in total. The molecule has 1 aliphatic rings. The maximum absolute atomic E-state index is 12.3. The van der Waals surface area contributed by atoms with Crippen LogP contribution in [0.25, 0.3) is 0 Å². The molecule has 0 spiro atoms. The van der Waals surface area contributed by atoms with Crippen LogP contribution >= 0.6 is 11.6 Å². The maximum atomic E-state index is 12.3. The van der Waals surface area contributed by atoms with Crippen molar-refractivity contribution in [1.82, 2.24) is 0 Å². The first-order valence-corrected chi connectivity index (χ1v) is 5.92. The Morgan fingerprint density at radius 2 is 2.06 bits per heavy atom. The Bertz CT molecular complexity index is 483. The largest absolute Gasteiger partial charge is 0.490 e. The summed E-state index contributed by atoms with van der Waals surface area (Å²) in [4.78, 5) is 13.9. The molecule has 1 aromatic rings. The van der Waals surface area contributed by atoms with Gasteiger partial charge in [0.15, 0.2) is 0 Å². The van der Waals surface area contributed by atoms with Gasteiger partial charge in [0.1, 0.15) is 12.4 Å². The minimum atomic E-state index is -0.521. The number of anilines is 1. The molecule has 0 atom stereocenters. The number of fused-ring (bicyclic) bond motifs is 1. The highest BCUT2D eigenvalue weighted by Gasteiger charge is 2.36. The van der Waals surface area contributed by atoms with Gasteiger partial charge < -0.3 is 9.64 Å². The molecular formula is C13H16ClNO2. The van der Waals surface area contributed by atoms with Gasteiger partial charge in [-0.3, -0.25) is 4.79 Å². The highest BCUT2D eigenvalue weighted by Crippen LogP contribution is 2.39. The van der Waals surface area contributed by atoms with Crippen molar-refractivity contribution in [1.29, 1.82) is 0 Å². The Labute approximate surface area is 106 Å². The van der Waals surface area contributed by atoms with Crippen LogP contribution in [0.5, 0.6) is 5.75 Å².